The Morgan fingerprint density at radius 1 is 1.21 bits per heavy atom. The third-order valence-corrected chi connectivity index (χ3v) is 4.25. The Balaban J connectivity index is 2.02. The van der Waals surface area contributed by atoms with Crippen LogP contribution in [0.1, 0.15) is 29.8 Å². The summed E-state index contributed by atoms with van der Waals surface area (Å²) < 4.78 is 0. The summed E-state index contributed by atoms with van der Waals surface area (Å²) in [6.07, 6.45) is 0. The number of piperazine rings is 1. The molecule has 3 nitrogen and oxygen atoms in total. The van der Waals surface area contributed by atoms with E-state index >= 15 is 0 Å². The zero-order valence-electron chi connectivity index (χ0n) is 12.4. The number of benzene rings is 1. The molecule has 1 fully saturated rings. The zero-order chi connectivity index (χ0) is 14.0. The minimum atomic E-state index is 0.238. The maximum absolute atomic E-state index is 12.4. The minimum Gasteiger partial charge on any atom is -0.298 e. The molecule has 0 bridgehead atoms. The van der Waals surface area contributed by atoms with Gasteiger partial charge < -0.3 is 0 Å². The van der Waals surface area contributed by atoms with Crippen LogP contribution in [-0.4, -0.2) is 54.3 Å². The second-order valence-corrected chi connectivity index (χ2v) is 5.80. The van der Waals surface area contributed by atoms with Crippen molar-refractivity contribution in [3.63, 3.8) is 0 Å². The summed E-state index contributed by atoms with van der Waals surface area (Å²) in [5, 5.41) is 0. The number of carbonyl (C=O) groups is 1. The van der Waals surface area contributed by atoms with E-state index in [1.165, 1.54) is 0 Å². The molecule has 1 aliphatic heterocycles. The molecule has 1 aromatic rings. The largest absolute Gasteiger partial charge is 0.298 e. The van der Waals surface area contributed by atoms with E-state index in [0.717, 1.165) is 24.2 Å². The van der Waals surface area contributed by atoms with Gasteiger partial charge in [-0.3, -0.25) is 14.6 Å². The molecule has 2 rings (SSSR count). The van der Waals surface area contributed by atoms with E-state index in [2.05, 4.69) is 30.7 Å². The van der Waals surface area contributed by atoms with Crippen molar-refractivity contribution in [1.29, 1.82) is 0 Å². The lowest BCUT2D eigenvalue weighted by Gasteiger charge is -2.42. The van der Waals surface area contributed by atoms with E-state index < -0.39 is 0 Å². The van der Waals surface area contributed by atoms with Crippen LogP contribution < -0.4 is 0 Å². The summed E-state index contributed by atoms with van der Waals surface area (Å²) in [6.45, 7) is 8.93. The number of ketones is 1. The third-order valence-electron chi connectivity index (χ3n) is 4.25. The number of hydrogen-bond acceptors (Lipinski definition) is 3. The van der Waals surface area contributed by atoms with Crippen molar-refractivity contribution in [2.24, 2.45) is 0 Å². The summed E-state index contributed by atoms with van der Waals surface area (Å²) >= 11 is 0. The Morgan fingerprint density at radius 2 is 1.79 bits per heavy atom. The van der Waals surface area contributed by atoms with Crippen LogP contribution in [0.5, 0.6) is 0 Å². The van der Waals surface area contributed by atoms with E-state index in [1.54, 1.807) is 0 Å². The highest BCUT2D eigenvalue weighted by atomic mass is 16.1. The van der Waals surface area contributed by atoms with Crippen LogP contribution in [0.2, 0.25) is 0 Å². The second kappa shape index (κ2) is 5.85. The molecule has 19 heavy (non-hydrogen) atoms. The molecule has 3 heteroatoms. The molecule has 2 atom stereocenters. The Kier molecular flexibility index (Phi) is 4.38. The summed E-state index contributed by atoms with van der Waals surface area (Å²) in [5.41, 5.74) is 1.93. The number of nitrogens with zero attached hydrogens (tertiary/aromatic N) is 2. The number of aryl methyl sites for hydroxylation is 1. The molecule has 1 heterocycles. The first-order chi connectivity index (χ1) is 8.99. The molecule has 0 N–H and O–H groups in total. The summed E-state index contributed by atoms with van der Waals surface area (Å²) in [4.78, 5) is 17.0. The Morgan fingerprint density at radius 3 is 2.37 bits per heavy atom. The predicted molar refractivity (Wildman–Crippen MR) is 78.6 cm³/mol. The molecule has 0 aliphatic carbocycles. The first-order valence-corrected chi connectivity index (χ1v) is 7.02. The Bertz CT molecular complexity index is 446. The van der Waals surface area contributed by atoms with Crippen molar-refractivity contribution in [3.8, 4) is 0 Å². The van der Waals surface area contributed by atoms with Crippen molar-refractivity contribution >= 4 is 5.78 Å². The first-order valence-electron chi connectivity index (χ1n) is 7.02. The van der Waals surface area contributed by atoms with Gasteiger partial charge >= 0.3 is 0 Å². The van der Waals surface area contributed by atoms with Gasteiger partial charge in [0.15, 0.2) is 5.78 Å². The second-order valence-electron chi connectivity index (χ2n) is 5.80. The van der Waals surface area contributed by atoms with Crippen molar-refractivity contribution in [2.75, 3.05) is 26.7 Å². The summed E-state index contributed by atoms with van der Waals surface area (Å²) in [5.74, 6) is 0.238. The van der Waals surface area contributed by atoms with Crippen molar-refractivity contribution < 1.29 is 4.79 Å². The summed E-state index contributed by atoms with van der Waals surface area (Å²) in [6, 6.07) is 8.87. The predicted octanol–water partition coefficient (Wildman–Crippen LogP) is 2.20. The molecule has 0 amide bonds. The minimum absolute atomic E-state index is 0.238. The lowest BCUT2D eigenvalue weighted by atomic mass is 10.0. The van der Waals surface area contributed by atoms with Gasteiger partial charge in [-0.1, -0.05) is 24.3 Å². The molecule has 0 saturated carbocycles. The number of Topliss-reactive ketones (excluding diaryl/α,β-unsaturated/α-hetero) is 1. The highest BCUT2D eigenvalue weighted by Gasteiger charge is 2.27. The summed E-state index contributed by atoms with van der Waals surface area (Å²) in [7, 11) is 2.16. The SMILES string of the molecule is Cc1ccccc1C(=O)CN1CC(C)N(C)C(C)C1. The van der Waals surface area contributed by atoms with E-state index in [1.807, 2.05) is 31.2 Å². The number of rotatable bonds is 3. The highest BCUT2D eigenvalue weighted by Crippen LogP contribution is 2.15. The standard InChI is InChI=1S/C16H24N2O/c1-12-7-5-6-8-15(12)16(19)11-18-9-13(2)17(4)14(3)10-18/h5-8,13-14H,9-11H2,1-4H3. The molecule has 1 aromatic carbocycles. The van der Waals surface area contributed by atoms with Crippen LogP contribution in [0.3, 0.4) is 0 Å². The highest BCUT2D eigenvalue weighted by molar-refractivity contribution is 5.98. The first kappa shape index (κ1) is 14.2. The average Bonchev–Trinajstić information content (AvgIpc) is 2.36. The van der Waals surface area contributed by atoms with Crippen LogP contribution in [0, 0.1) is 6.92 Å². The van der Waals surface area contributed by atoms with Gasteiger partial charge in [-0.05, 0) is 33.4 Å². The van der Waals surface area contributed by atoms with Gasteiger partial charge in [-0.25, -0.2) is 0 Å². The molecule has 0 radical (unpaired) electrons. The molecule has 2 unspecified atom stereocenters. The fourth-order valence-corrected chi connectivity index (χ4v) is 2.82. The van der Waals surface area contributed by atoms with Crippen molar-refractivity contribution in [2.45, 2.75) is 32.9 Å². The zero-order valence-corrected chi connectivity index (χ0v) is 12.4. The Hall–Kier alpha value is -1.19. The lowest BCUT2D eigenvalue weighted by molar-refractivity contribution is 0.0549. The van der Waals surface area contributed by atoms with E-state index in [9.17, 15) is 4.79 Å². The number of carbonyl (C=O) groups excluding carboxylic acids is 1. The molecular weight excluding hydrogens is 236 g/mol. The van der Waals surface area contributed by atoms with Gasteiger partial charge in [0.2, 0.25) is 0 Å². The van der Waals surface area contributed by atoms with Gasteiger partial charge in [0, 0.05) is 30.7 Å². The van der Waals surface area contributed by atoms with Gasteiger partial charge in [-0.2, -0.15) is 0 Å². The van der Waals surface area contributed by atoms with Crippen molar-refractivity contribution in [3.05, 3.63) is 35.4 Å². The van der Waals surface area contributed by atoms with Crippen LogP contribution in [0.15, 0.2) is 24.3 Å². The third kappa shape index (κ3) is 3.23. The maximum atomic E-state index is 12.4. The molecular formula is C16H24N2O. The number of likely N-dealkylation sites (N-methyl/N-ethyl adjacent to an activating group) is 1. The normalized spacial score (nSPS) is 25.5. The van der Waals surface area contributed by atoms with Crippen LogP contribution in [-0.2, 0) is 0 Å². The quantitative estimate of drug-likeness (QED) is 0.778. The fraction of sp³-hybridized carbons (Fsp3) is 0.562. The van der Waals surface area contributed by atoms with Crippen LogP contribution >= 0.6 is 0 Å². The topological polar surface area (TPSA) is 23.6 Å². The molecule has 0 spiro atoms. The molecule has 1 saturated heterocycles. The van der Waals surface area contributed by atoms with Crippen LogP contribution in [0.4, 0.5) is 0 Å². The van der Waals surface area contributed by atoms with Gasteiger partial charge in [0.05, 0.1) is 6.54 Å². The van der Waals surface area contributed by atoms with Gasteiger partial charge in [0.25, 0.3) is 0 Å². The molecule has 0 aromatic heterocycles. The smallest absolute Gasteiger partial charge is 0.177 e. The monoisotopic (exact) mass is 260 g/mol. The maximum Gasteiger partial charge on any atom is 0.177 e. The van der Waals surface area contributed by atoms with Gasteiger partial charge in [-0.15, -0.1) is 0 Å². The van der Waals surface area contributed by atoms with Crippen molar-refractivity contribution in [1.82, 2.24) is 9.80 Å². The van der Waals surface area contributed by atoms with Gasteiger partial charge in [0.1, 0.15) is 0 Å². The Labute approximate surface area is 116 Å². The lowest BCUT2D eigenvalue weighted by Crippen LogP contribution is -2.55. The molecule has 1 aliphatic rings. The average molecular weight is 260 g/mol. The molecule has 104 valence electrons. The van der Waals surface area contributed by atoms with E-state index in [4.69, 9.17) is 0 Å². The fourth-order valence-electron chi connectivity index (χ4n) is 2.82. The van der Waals surface area contributed by atoms with E-state index in [-0.39, 0.29) is 5.78 Å². The number of hydrogen-bond donors (Lipinski definition) is 0. The van der Waals surface area contributed by atoms with Crippen LogP contribution in [0.25, 0.3) is 0 Å². The van der Waals surface area contributed by atoms with E-state index in [0.29, 0.717) is 18.6 Å².